The first-order valence-corrected chi connectivity index (χ1v) is 9.03. The van der Waals surface area contributed by atoms with Gasteiger partial charge in [-0.1, -0.05) is 63.6 Å². The SMILES string of the molecule is Brc1ccc(-n2cc(COc3ccc(-c4ccccc4)cc3)nn2)cc1. The number of hydrogen-bond donors (Lipinski definition) is 0. The van der Waals surface area contributed by atoms with Crippen LogP contribution in [-0.4, -0.2) is 15.0 Å². The van der Waals surface area contributed by atoms with Crippen LogP contribution in [0.2, 0.25) is 0 Å². The Morgan fingerprint density at radius 2 is 1.50 bits per heavy atom. The van der Waals surface area contributed by atoms with E-state index in [-0.39, 0.29) is 0 Å². The molecular weight excluding hydrogens is 390 g/mol. The summed E-state index contributed by atoms with van der Waals surface area (Å²) in [5.41, 5.74) is 4.09. The fraction of sp³-hybridized carbons (Fsp3) is 0.0476. The van der Waals surface area contributed by atoms with Gasteiger partial charge in [-0.25, -0.2) is 4.68 Å². The van der Waals surface area contributed by atoms with Gasteiger partial charge >= 0.3 is 0 Å². The third kappa shape index (κ3) is 3.83. The third-order valence-electron chi connectivity index (χ3n) is 3.98. The molecule has 3 aromatic carbocycles. The average molecular weight is 406 g/mol. The molecule has 0 radical (unpaired) electrons. The van der Waals surface area contributed by atoms with Crippen LogP contribution in [0.4, 0.5) is 0 Å². The molecule has 0 unspecified atom stereocenters. The van der Waals surface area contributed by atoms with E-state index in [1.807, 2.05) is 60.8 Å². The number of nitrogens with zero attached hydrogens (tertiary/aromatic N) is 3. The van der Waals surface area contributed by atoms with Crippen LogP contribution in [-0.2, 0) is 6.61 Å². The molecule has 0 saturated heterocycles. The maximum Gasteiger partial charge on any atom is 0.134 e. The molecular formula is C21H16BrN3O. The van der Waals surface area contributed by atoms with Gasteiger partial charge in [-0.05, 0) is 47.5 Å². The second-order valence-corrected chi connectivity index (χ2v) is 6.73. The molecule has 0 amide bonds. The molecule has 26 heavy (non-hydrogen) atoms. The van der Waals surface area contributed by atoms with Crippen LogP contribution >= 0.6 is 15.9 Å². The van der Waals surface area contributed by atoms with E-state index in [0.717, 1.165) is 21.6 Å². The minimum Gasteiger partial charge on any atom is -0.487 e. The van der Waals surface area contributed by atoms with Gasteiger partial charge in [0.1, 0.15) is 18.1 Å². The first-order chi connectivity index (χ1) is 12.8. The van der Waals surface area contributed by atoms with Crippen LogP contribution in [0, 0.1) is 0 Å². The van der Waals surface area contributed by atoms with Crippen molar-refractivity contribution in [1.82, 2.24) is 15.0 Å². The molecule has 0 atom stereocenters. The highest BCUT2D eigenvalue weighted by molar-refractivity contribution is 9.10. The summed E-state index contributed by atoms with van der Waals surface area (Å²) >= 11 is 3.43. The van der Waals surface area contributed by atoms with Gasteiger partial charge in [0.2, 0.25) is 0 Å². The summed E-state index contributed by atoms with van der Waals surface area (Å²) in [5, 5.41) is 8.32. The number of hydrogen-bond acceptors (Lipinski definition) is 3. The molecule has 0 aliphatic rings. The molecule has 5 heteroatoms. The van der Waals surface area contributed by atoms with Crippen molar-refractivity contribution in [3.63, 3.8) is 0 Å². The fourth-order valence-corrected chi connectivity index (χ4v) is 2.88. The first kappa shape index (κ1) is 16.5. The molecule has 0 N–H and O–H groups in total. The van der Waals surface area contributed by atoms with E-state index in [0.29, 0.717) is 6.61 Å². The summed E-state index contributed by atoms with van der Waals surface area (Å²) < 4.78 is 8.60. The molecule has 4 aromatic rings. The maximum atomic E-state index is 5.83. The van der Waals surface area contributed by atoms with Gasteiger partial charge in [-0.15, -0.1) is 5.10 Å². The monoisotopic (exact) mass is 405 g/mol. The lowest BCUT2D eigenvalue weighted by molar-refractivity contribution is 0.301. The Balaban J connectivity index is 1.41. The summed E-state index contributed by atoms with van der Waals surface area (Å²) in [6, 6.07) is 26.2. The van der Waals surface area contributed by atoms with E-state index in [4.69, 9.17) is 4.74 Å². The highest BCUT2D eigenvalue weighted by atomic mass is 79.9. The van der Waals surface area contributed by atoms with Gasteiger partial charge in [-0.2, -0.15) is 0 Å². The number of ether oxygens (including phenoxy) is 1. The van der Waals surface area contributed by atoms with Crippen LogP contribution < -0.4 is 4.74 Å². The van der Waals surface area contributed by atoms with E-state index in [1.165, 1.54) is 11.1 Å². The zero-order valence-electron chi connectivity index (χ0n) is 13.9. The van der Waals surface area contributed by atoms with Crippen LogP contribution in [0.3, 0.4) is 0 Å². The molecule has 4 rings (SSSR count). The van der Waals surface area contributed by atoms with Crippen LogP contribution in [0.25, 0.3) is 16.8 Å². The largest absolute Gasteiger partial charge is 0.487 e. The van der Waals surface area contributed by atoms with Gasteiger partial charge in [0.15, 0.2) is 0 Å². The fourth-order valence-electron chi connectivity index (χ4n) is 2.62. The van der Waals surface area contributed by atoms with Crippen molar-refractivity contribution in [1.29, 1.82) is 0 Å². The van der Waals surface area contributed by atoms with Gasteiger partial charge in [-0.3, -0.25) is 0 Å². The summed E-state index contributed by atoms with van der Waals surface area (Å²) in [4.78, 5) is 0. The lowest BCUT2D eigenvalue weighted by atomic mass is 10.1. The van der Waals surface area contributed by atoms with Gasteiger partial charge < -0.3 is 4.74 Å². The van der Waals surface area contributed by atoms with Crippen molar-refractivity contribution in [3.8, 4) is 22.6 Å². The number of aromatic nitrogens is 3. The van der Waals surface area contributed by atoms with Crippen molar-refractivity contribution >= 4 is 15.9 Å². The van der Waals surface area contributed by atoms with Crippen LogP contribution in [0.5, 0.6) is 5.75 Å². The predicted molar refractivity (Wildman–Crippen MR) is 105 cm³/mol. The van der Waals surface area contributed by atoms with E-state index in [2.05, 4.69) is 50.5 Å². The summed E-state index contributed by atoms with van der Waals surface area (Å²) in [6.07, 6.45) is 1.88. The highest BCUT2D eigenvalue weighted by Crippen LogP contribution is 2.22. The molecule has 0 aliphatic carbocycles. The summed E-state index contributed by atoms with van der Waals surface area (Å²) in [6.45, 7) is 0.376. The van der Waals surface area contributed by atoms with Gasteiger partial charge in [0.25, 0.3) is 0 Å². The second kappa shape index (κ2) is 7.54. The minimum atomic E-state index is 0.376. The zero-order chi connectivity index (χ0) is 17.8. The standard InChI is InChI=1S/C21H16BrN3O/c22-18-8-10-20(11-9-18)25-14-19(23-24-25)15-26-21-12-6-17(7-13-21)16-4-2-1-3-5-16/h1-14H,15H2. The second-order valence-electron chi connectivity index (χ2n) is 5.81. The maximum absolute atomic E-state index is 5.83. The molecule has 4 nitrogen and oxygen atoms in total. The van der Waals surface area contributed by atoms with E-state index >= 15 is 0 Å². The van der Waals surface area contributed by atoms with E-state index in [1.54, 1.807) is 4.68 Å². The smallest absolute Gasteiger partial charge is 0.134 e. The minimum absolute atomic E-state index is 0.376. The molecule has 0 aliphatic heterocycles. The highest BCUT2D eigenvalue weighted by Gasteiger charge is 2.04. The molecule has 1 aromatic heterocycles. The lowest BCUT2D eigenvalue weighted by Gasteiger charge is -2.06. The molecule has 128 valence electrons. The number of halogens is 1. The van der Waals surface area contributed by atoms with Gasteiger partial charge in [0.05, 0.1) is 11.9 Å². The Morgan fingerprint density at radius 3 is 2.23 bits per heavy atom. The third-order valence-corrected chi connectivity index (χ3v) is 4.51. The Kier molecular flexibility index (Phi) is 4.80. The van der Waals surface area contributed by atoms with Gasteiger partial charge in [0, 0.05) is 4.47 Å². The van der Waals surface area contributed by atoms with E-state index < -0.39 is 0 Å². The first-order valence-electron chi connectivity index (χ1n) is 8.23. The number of rotatable bonds is 5. The van der Waals surface area contributed by atoms with E-state index in [9.17, 15) is 0 Å². The Hall–Kier alpha value is -2.92. The Bertz CT molecular complexity index is 980. The molecule has 0 fully saturated rings. The van der Waals surface area contributed by atoms with Crippen molar-refractivity contribution in [2.24, 2.45) is 0 Å². The number of benzene rings is 3. The average Bonchev–Trinajstić information content (AvgIpc) is 3.17. The van der Waals surface area contributed by atoms with Crippen molar-refractivity contribution in [2.45, 2.75) is 6.61 Å². The van der Waals surface area contributed by atoms with Crippen molar-refractivity contribution < 1.29 is 4.74 Å². The lowest BCUT2D eigenvalue weighted by Crippen LogP contribution is -1.96. The Morgan fingerprint density at radius 1 is 0.808 bits per heavy atom. The quantitative estimate of drug-likeness (QED) is 0.453. The summed E-state index contributed by atoms with van der Waals surface area (Å²) in [5.74, 6) is 0.808. The van der Waals surface area contributed by atoms with Crippen molar-refractivity contribution in [3.05, 3.63) is 95.2 Å². The topological polar surface area (TPSA) is 39.9 Å². The predicted octanol–water partition coefficient (Wildman–Crippen LogP) is 5.28. The molecule has 1 heterocycles. The van der Waals surface area contributed by atoms with Crippen LogP contribution in [0.1, 0.15) is 5.69 Å². The van der Waals surface area contributed by atoms with Crippen LogP contribution in [0.15, 0.2) is 89.5 Å². The normalized spacial score (nSPS) is 10.7. The Labute approximate surface area is 160 Å². The van der Waals surface area contributed by atoms with Crippen molar-refractivity contribution in [2.75, 3.05) is 0 Å². The molecule has 0 bridgehead atoms. The summed E-state index contributed by atoms with van der Waals surface area (Å²) in [7, 11) is 0. The molecule has 0 spiro atoms. The zero-order valence-corrected chi connectivity index (χ0v) is 15.5. The molecule has 0 saturated carbocycles.